The number of hydrogen-bond donors (Lipinski definition) is 1. The van der Waals surface area contributed by atoms with E-state index in [9.17, 15) is 8.42 Å². The monoisotopic (exact) mass is 447 g/mol. The van der Waals surface area contributed by atoms with E-state index in [0.29, 0.717) is 11.7 Å². The van der Waals surface area contributed by atoms with E-state index in [1.807, 2.05) is 23.1 Å². The number of halogens is 2. The zero-order chi connectivity index (χ0) is 15.9. The molecule has 0 bridgehead atoms. The summed E-state index contributed by atoms with van der Waals surface area (Å²) in [5, 5.41) is 5.62. The van der Waals surface area contributed by atoms with Gasteiger partial charge >= 0.3 is 0 Å². The molecule has 2 aromatic rings. The summed E-state index contributed by atoms with van der Waals surface area (Å²) in [6.45, 7) is 0.668. The van der Waals surface area contributed by atoms with Crippen molar-refractivity contribution < 1.29 is 8.42 Å². The molecule has 0 radical (unpaired) electrons. The Morgan fingerprint density at radius 3 is 2.64 bits per heavy atom. The summed E-state index contributed by atoms with van der Waals surface area (Å²) >= 11 is 8.03. The van der Waals surface area contributed by atoms with Crippen LogP contribution in [0.3, 0.4) is 0 Å². The molecule has 2 N–H and O–H groups in total. The van der Waals surface area contributed by atoms with Gasteiger partial charge < -0.3 is 4.90 Å². The van der Waals surface area contributed by atoms with Gasteiger partial charge in [0.25, 0.3) is 0 Å². The lowest BCUT2D eigenvalue weighted by molar-refractivity contribution is 0.598. The van der Waals surface area contributed by atoms with Crippen molar-refractivity contribution in [2.45, 2.75) is 4.90 Å². The maximum atomic E-state index is 11.5. The van der Waals surface area contributed by atoms with Crippen LogP contribution in [0.1, 0.15) is 5.56 Å². The number of primary sulfonamides is 1. The largest absolute Gasteiger partial charge is 0.335 e. The summed E-state index contributed by atoms with van der Waals surface area (Å²) in [7, 11) is -3.72. The highest BCUT2D eigenvalue weighted by molar-refractivity contribution is 14.1. The van der Waals surface area contributed by atoms with Crippen LogP contribution < -0.4 is 10.0 Å². The van der Waals surface area contributed by atoms with Crippen molar-refractivity contribution in [1.29, 1.82) is 0 Å². The van der Waals surface area contributed by atoms with Gasteiger partial charge in [-0.2, -0.15) is 0 Å². The van der Waals surface area contributed by atoms with Gasteiger partial charge in [0.15, 0.2) is 0 Å². The number of nitrogens with zero attached hydrogens (tertiary/aromatic N) is 2. The van der Waals surface area contributed by atoms with E-state index in [1.165, 1.54) is 6.07 Å². The summed E-state index contributed by atoms with van der Waals surface area (Å²) in [5.41, 5.74) is 2.61. The Kier molecular flexibility index (Phi) is 4.15. The molecule has 1 aromatic heterocycles. The lowest BCUT2D eigenvalue weighted by atomic mass is 10.1. The Morgan fingerprint density at radius 2 is 1.95 bits per heavy atom. The fraction of sp³-hybridized carbons (Fsp3) is 0.0714. The third-order valence-electron chi connectivity index (χ3n) is 3.29. The first-order valence-corrected chi connectivity index (χ1v) is 9.29. The highest BCUT2D eigenvalue weighted by atomic mass is 127. The number of aromatic nitrogens is 1. The minimum atomic E-state index is -3.72. The van der Waals surface area contributed by atoms with Gasteiger partial charge in [-0.25, -0.2) is 18.5 Å². The summed E-state index contributed by atoms with van der Waals surface area (Å²) in [6, 6.07) is 8.47. The normalized spacial score (nSPS) is 14.0. The molecular weight excluding hydrogens is 437 g/mol. The molecule has 22 heavy (non-hydrogen) atoms. The predicted molar refractivity (Wildman–Crippen MR) is 95.8 cm³/mol. The van der Waals surface area contributed by atoms with Crippen molar-refractivity contribution in [3.63, 3.8) is 0 Å². The van der Waals surface area contributed by atoms with Crippen molar-refractivity contribution in [2.75, 3.05) is 11.4 Å². The van der Waals surface area contributed by atoms with Gasteiger partial charge in [0.1, 0.15) is 8.85 Å². The van der Waals surface area contributed by atoms with Gasteiger partial charge in [0.2, 0.25) is 10.0 Å². The molecule has 2 heterocycles. The van der Waals surface area contributed by atoms with Gasteiger partial charge in [-0.05, 0) is 58.5 Å². The highest BCUT2D eigenvalue weighted by Crippen LogP contribution is 2.35. The molecule has 0 spiro atoms. The number of pyridine rings is 1. The van der Waals surface area contributed by atoms with Crippen LogP contribution in [-0.2, 0) is 10.0 Å². The fourth-order valence-corrected chi connectivity index (χ4v) is 3.88. The molecule has 1 aliphatic heterocycles. The minimum absolute atomic E-state index is 0.0988. The number of nitrogens with two attached hydrogens (primary N) is 1. The standard InChI is InChI=1S/C14H11ClIN3O2S/c15-13-6-5-12(14(16)18-13)19-7-1-2-9-8-10(22(17,20)21)3-4-11(9)19/h1-6,8H,7H2,(H2,17,20,21). The van der Waals surface area contributed by atoms with Crippen LogP contribution in [0.2, 0.25) is 5.15 Å². The first-order valence-electron chi connectivity index (χ1n) is 6.29. The SMILES string of the molecule is NS(=O)(=O)c1ccc2c(c1)C=CCN2c1ccc(Cl)nc1I. The first-order chi connectivity index (χ1) is 10.4. The Labute approximate surface area is 147 Å². The van der Waals surface area contributed by atoms with Crippen LogP contribution in [0.25, 0.3) is 6.08 Å². The second-order valence-corrected chi connectivity index (χ2v) is 7.69. The number of hydrogen-bond acceptors (Lipinski definition) is 4. The molecule has 0 aliphatic carbocycles. The Bertz CT molecular complexity index is 884. The molecule has 0 saturated heterocycles. The molecule has 0 saturated carbocycles. The third-order valence-corrected chi connectivity index (χ3v) is 5.20. The molecule has 0 amide bonds. The minimum Gasteiger partial charge on any atom is -0.335 e. The summed E-state index contributed by atoms with van der Waals surface area (Å²) in [5.74, 6) is 0. The molecule has 0 unspecified atom stereocenters. The van der Waals surface area contributed by atoms with Crippen LogP contribution in [-0.4, -0.2) is 19.9 Å². The Balaban J connectivity index is 2.11. The lowest BCUT2D eigenvalue weighted by Crippen LogP contribution is -2.22. The molecule has 8 heteroatoms. The van der Waals surface area contributed by atoms with Crippen molar-refractivity contribution in [3.05, 3.63) is 50.8 Å². The van der Waals surface area contributed by atoms with E-state index in [1.54, 1.807) is 18.2 Å². The second-order valence-electron chi connectivity index (χ2n) is 4.72. The average Bonchev–Trinajstić information content (AvgIpc) is 2.45. The molecule has 3 rings (SSSR count). The van der Waals surface area contributed by atoms with E-state index >= 15 is 0 Å². The van der Waals surface area contributed by atoms with Crippen molar-refractivity contribution in [1.82, 2.24) is 4.98 Å². The quantitative estimate of drug-likeness (QED) is 0.567. The summed E-state index contributed by atoms with van der Waals surface area (Å²) in [4.78, 5) is 6.40. The van der Waals surface area contributed by atoms with Crippen molar-refractivity contribution >= 4 is 61.7 Å². The van der Waals surface area contributed by atoms with Gasteiger partial charge in [0, 0.05) is 12.2 Å². The predicted octanol–water partition coefficient (Wildman–Crippen LogP) is 3.15. The average molecular weight is 448 g/mol. The van der Waals surface area contributed by atoms with E-state index < -0.39 is 10.0 Å². The number of benzene rings is 1. The van der Waals surface area contributed by atoms with E-state index in [2.05, 4.69) is 27.6 Å². The van der Waals surface area contributed by atoms with Crippen molar-refractivity contribution in [2.24, 2.45) is 5.14 Å². The molecule has 1 aliphatic rings. The van der Waals surface area contributed by atoms with E-state index in [-0.39, 0.29) is 4.90 Å². The van der Waals surface area contributed by atoms with Crippen LogP contribution in [0.5, 0.6) is 0 Å². The third kappa shape index (κ3) is 2.98. The molecule has 0 atom stereocenters. The molecule has 1 aromatic carbocycles. The first kappa shape index (κ1) is 15.7. The molecule has 0 fully saturated rings. The molecule has 114 valence electrons. The Hall–Kier alpha value is -1.16. The number of fused-ring (bicyclic) bond motifs is 1. The van der Waals surface area contributed by atoms with Gasteiger partial charge in [0.05, 0.1) is 10.6 Å². The van der Waals surface area contributed by atoms with Crippen LogP contribution in [0, 0.1) is 3.70 Å². The van der Waals surface area contributed by atoms with Crippen LogP contribution >= 0.6 is 34.2 Å². The number of sulfonamides is 1. The maximum absolute atomic E-state index is 11.5. The van der Waals surface area contributed by atoms with E-state index in [0.717, 1.165) is 20.6 Å². The smallest absolute Gasteiger partial charge is 0.238 e. The Morgan fingerprint density at radius 1 is 1.23 bits per heavy atom. The van der Waals surface area contributed by atoms with E-state index in [4.69, 9.17) is 16.7 Å². The van der Waals surface area contributed by atoms with Gasteiger partial charge in [-0.3, -0.25) is 0 Å². The second kappa shape index (κ2) is 5.80. The number of rotatable bonds is 2. The number of anilines is 2. The van der Waals surface area contributed by atoms with Gasteiger partial charge in [-0.1, -0.05) is 23.8 Å². The summed E-state index contributed by atoms with van der Waals surface area (Å²) < 4.78 is 23.7. The topological polar surface area (TPSA) is 76.3 Å². The summed E-state index contributed by atoms with van der Waals surface area (Å²) in [6.07, 6.45) is 3.84. The maximum Gasteiger partial charge on any atom is 0.238 e. The zero-order valence-corrected chi connectivity index (χ0v) is 14.9. The van der Waals surface area contributed by atoms with Crippen molar-refractivity contribution in [3.8, 4) is 0 Å². The molecular formula is C14H11ClIN3O2S. The van der Waals surface area contributed by atoms with Gasteiger partial charge in [-0.15, -0.1) is 0 Å². The fourth-order valence-electron chi connectivity index (χ4n) is 2.31. The van der Waals surface area contributed by atoms with Crippen LogP contribution in [0.15, 0.2) is 41.3 Å². The van der Waals surface area contributed by atoms with Crippen LogP contribution in [0.4, 0.5) is 11.4 Å². The molecule has 5 nitrogen and oxygen atoms in total. The highest BCUT2D eigenvalue weighted by Gasteiger charge is 2.20. The lowest BCUT2D eigenvalue weighted by Gasteiger charge is -2.29. The zero-order valence-electron chi connectivity index (χ0n) is 11.2.